The average molecular weight is 290 g/mol. The molecule has 0 aliphatic rings. The molecule has 0 aromatic heterocycles. The predicted molar refractivity (Wildman–Crippen MR) is 12.9 cm³/mol. The molecule has 0 unspecified atom stereocenters. The second kappa shape index (κ2) is 15.9. The fourth-order valence-corrected chi connectivity index (χ4v) is 0. The summed E-state index contributed by atoms with van der Waals surface area (Å²) in [5.74, 6) is 0. The molecule has 18 valence electrons. The minimum atomic E-state index is 0. The first-order valence-electron chi connectivity index (χ1n) is 0. The first kappa shape index (κ1) is 25.2. The zero-order valence-electron chi connectivity index (χ0n) is 1.59. The van der Waals surface area contributed by atoms with E-state index in [4.69, 9.17) is 0 Å². The van der Waals surface area contributed by atoms with Crippen molar-refractivity contribution < 1.29 is 36.5 Å². The first-order chi connectivity index (χ1) is 0. The molecular formula is HAlCsCuZn. The van der Waals surface area contributed by atoms with Crippen LogP contribution in [0.4, 0.5) is 0 Å². The van der Waals surface area contributed by atoms with Gasteiger partial charge in [-0.15, -0.1) is 0 Å². The second-order valence-corrected chi connectivity index (χ2v) is 0. The average Bonchev–Trinajstić information content (AvgIpc) is 0. The Bertz CT molecular complexity index is 8.00. The third-order valence-electron chi connectivity index (χ3n) is 0. The van der Waals surface area contributed by atoms with Crippen LogP contribution in [0.2, 0.25) is 0 Å². The molecule has 0 heterocycles. The standard InChI is InChI=1S/Al.Cs.Cu.Zn.H. The molecule has 4 heavy (non-hydrogen) atoms. The minimum absolute atomic E-state index is 0. The molecule has 0 spiro atoms. The zero-order chi connectivity index (χ0) is 0. The van der Waals surface area contributed by atoms with Crippen LogP contribution < -0.4 is 0 Å². The monoisotopic (exact) mass is 288 g/mol. The van der Waals surface area contributed by atoms with Gasteiger partial charge in [-0.3, -0.25) is 0 Å². The summed E-state index contributed by atoms with van der Waals surface area (Å²) in [5, 5.41) is 0. The molecule has 0 bridgehead atoms. The van der Waals surface area contributed by atoms with E-state index in [2.05, 4.69) is 0 Å². The molecule has 0 amide bonds. The molecular weight excluding hydrogens is 289 g/mol. The van der Waals surface area contributed by atoms with Crippen LogP contribution in [-0.4, -0.2) is 86.3 Å². The van der Waals surface area contributed by atoms with Crippen molar-refractivity contribution in [2.45, 2.75) is 0 Å². The third kappa shape index (κ3) is 9.21. The Morgan fingerprint density at radius 3 is 1.00 bits per heavy atom. The molecule has 0 nitrogen and oxygen atoms in total. The maximum absolute atomic E-state index is 0. The fraction of sp³-hybridized carbons (Fsp3) is 0. The van der Waals surface area contributed by atoms with Crippen LogP contribution in [0.1, 0.15) is 0 Å². The van der Waals surface area contributed by atoms with E-state index in [-0.39, 0.29) is 123 Å². The molecule has 0 saturated carbocycles. The van der Waals surface area contributed by atoms with Gasteiger partial charge in [-0.05, 0) is 0 Å². The van der Waals surface area contributed by atoms with Crippen molar-refractivity contribution in [1.82, 2.24) is 0 Å². The summed E-state index contributed by atoms with van der Waals surface area (Å²) >= 11 is 0. The zero-order valence-corrected chi connectivity index (χ0v) is 6.65. The van der Waals surface area contributed by atoms with Gasteiger partial charge in [0.25, 0.3) is 0 Å². The summed E-state index contributed by atoms with van der Waals surface area (Å²) in [6, 6.07) is 0. The van der Waals surface area contributed by atoms with Crippen molar-refractivity contribution in [2.75, 3.05) is 0 Å². The summed E-state index contributed by atoms with van der Waals surface area (Å²) in [6.45, 7) is 0. The minimum Gasteiger partial charge on any atom is 0 e. The van der Waals surface area contributed by atoms with Gasteiger partial charge in [0.2, 0.25) is 0 Å². The molecule has 0 atom stereocenters. The van der Waals surface area contributed by atoms with E-state index in [1.165, 1.54) is 0 Å². The SMILES string of the molecule is [Al].[CsH].[Cu].[Zn]. The van der Waals surface area contributed by atoms with Gasteiger partial charge in [0, 0.05) is 53.9 Å². The van der Waals surface area contributed by atoms with Crippen molar-refractivity contribution in [2.24, 2.45) is 0 Å². The number of hydrogen-bond acceptors (Lipinski definition) is 0. The number of hydrogen-bond donors (Lipinski definition) is 0. The molecule has 0 N–H and O–H groups in total. The largest absolute Gasteiger partial charge is 0 e. The van der Waals surface area contributed by atoms with Crippen molar-refractivity contribution in [3.8, 4) is 0 Å². The Balaban J connectivity index is 0. The van der Waals surface area contributed by atoms with Crippen LogP contribution in [0.3, 0.4) is 0 Å². The summed E-state index contributed by atoms with van der Waals surface area (Å²) < 4.78 is 0. The van der Waals surface area contributed by atoms with Gasteiger partial charge in [0.15, 0.2) is 0 Å². The summed E-state index contributed by atoms with van der Waals surface area (Å²) in [5.41, 5.74) is 0. The van der Waals surface area contributed by atoms with Crippen LogP contribution in [-0.2, 0) is 36.5 Å². The van der Waals surface area contributed by atoms with Crippen molar-refractivity contribution in [3.63, 3.8) is 0 Å². The van der Waals surface area contributed by atoms with Crippen LogP contribution >= 0.6 is 0 Å². The quantitative estimate of drug-likeness (QED) is 0.500. The Hall–Kier alpha value is 3.73. The second-order valence-electron chi connectivity index (χ2n) is 0. The van der Waals surface area contributed by atoms with E-state index >= 15 is 0 Å². The molecule has 4 radical (unpaired) electrons. The normalized spacial score (nSPS) is 0. The van der Waals surface area contributed by atoms with Gasteiger partial charge in [-0.1, -0.05) is 0 Å². The van der Waals surface area contributed by atoms with Crippen molar-refractivity contribution in [1.29, 1.82) is 0 Å². The van der Waals surface area contributed by atoms with Crippen LogP contribution in [0.15, 0.2) is 0 Å². The van der Waals surface area contributed by atoms with Crippen LogP contribution in [0.25, 0.3) is 0 Å². The predicted octanol–water partition coefficient (Wildman–Crippen LogP) is -1.03. The molecule has 0 aliphatic heterocycles. The van der Waals surface area contributed by atoms with Crippen molar-refractivity contribution >= 4 is 86.3 Å². The topological polar surface area (TPSA) is 0 Å². The van der Waals surface area contributed by atoms with E-state index in [1.807, 2.05) is 0 Å². The smallest absolute Gasteiger partial charge is 0 e. The van der Waals surface area contributed by atoms with Crippen LogP contribution in [0.5, 0.6) is 0 Å². The van der Waals surface area contributed by atoms with Crippen molar-refractivity contribution in [3.05, 3.63) is 0 Å². The van der Waals surface area contributed by atoms with Crippen LogP contribution in [0, 0.1) is 0 Å². The molecule has 0 fully saturated rings. The van der Waals surface area contributed by atoms with Gasteiger partial charge >= 0.3 is 68.9 Å². The number of rotatable bonds is 0. The molecule has 0 aromatic carbocycles. The van der Waals surface area contributed by atoms with E-state index < -0.39 is 0 Å². The molecule has 4 heteroatoms. The van der Waals surface area contributed by atoms with E-state index in [9.17, 15) is 0 Å². The summed E-state index contributed by atoms with van der Waals surface area (Å²) in [6.07, 6.45) is 0. The third-order valence-corrected chi connectivity index (χ3v) is 0. The van der Waals surface area contributed by atoms with Gasteiger partial charge in [0.05, 0.1) is 0 Å². The van der Waals surface area contributed by atoms with Gasteiger partial charge < -0.3 is 0 Å². The molecule has 0 rings (SSSR count). The van der Waals surface area contributed by atoms with Gasteiger partial charge in [-0.25, -0.2) is 0 Å². The Kier molecular flexibility index (Phi) is 100.0. The Morgan fingerprint density at radius 1 is 1.00 bits per heavy atom. The molecule has 0 aliphatic carbocycles. The van der Waals surface area contributed by atoms with Gasteiger partial charge in [-0.2, -0.15) is 0 Å². The summed E-state index contributed by atoms with van der Waals surface area (Å²) in [7, 11) is 0. The first-order valence-corrected chi connectivity index (χ1v) is 0. The maximum atomic E-state index is 0. The maximum Gasteiger partial charge on any atom is 0 e. The Morgan fingerprint density at radius 2 is 1.00 bits per heavy atom. The summed E-state index contributed by atoms with van der Waals surface area (Å²) in [4.78, 5) is 0. The van der Waals surface area contributed by atoms with Gasteiger partial charge in [0.1, 0.15) is 0 Å². The van der Waals surface area contributed by atoms with E-state index in [1.54, 1.807) is 0 Å². The molecule has 0 aromatic rings. The Labute approximate surface area is 119 Å². The fourth-order valence-electron chi connectivity index (χ4n) is 0. The van der Waals surface area contributed by atoms with E-state index in [0.717, 1.165) is 0 Å². The molecule has 0 saturated heterocycles. The van der Waals surface area contributed by atoms with E-state index in [0.29, 0.717) is 0 Å².